The van der Waals surface area contributed by atoms with E-state index in [2.05, 4.69) is 30.7 Å². The van der Waals surface area contributed by atoms with Crippen molar-refractivity contribution in [3.8, 4) is 40.0 Å². The van der Waals surface area contributed by atoms with Crippen LogP contribution in [0.15, 0.2) is 30.5 Å². The fourth-order valence-corrected chi connectivity index (χ4v) is 4.95. The Balaban J connectivity index is 1.21. The first-order valence-electron chi connectivity index (χ1n) is 11.4. The zero-order valence-electron chi connectivity index (χ0n) is 18.6. The number of nitrogens with zero attached hydrogens (tertiary/aromatic N) is 6. The van der Waals surface area contributed by atoms with E-state index in [1.54, 1.807) is 30.5 Å². The van der Waals surface area contributed by atoms with Crippen molar-refractivity contribution in [3.63, 3.8) is 0 Å². The van der Waals surface area contributed by atoms with Crippen LogP contribution >= 0.6 is 0 Å². The Morgan fingerprint density at radius 2 is 1.97 bits per heavy atom. The maximum Gasteiger partial charge on any atom is 0.276 e. The van der Waals surface area contributed by atoms with Gasteiger partial charge in [0.05, 0.1) is 23.5 Å². The van der Waals surface area contributed by atoms with Crippen LogP contribution in [0.1, 0.15) is 19.3 Å². The number of aromatic nitrogens is 5. The summed E-state index contributed by atoms with van der Waals surface area (Å²) in [7, 11) is 1.83. The van der Waals surface area contributed by atoms with Crippen molar-refractivity contribution in [1.29, 1.82) is 0 Å². The summed E-state index contributed by atoms with van der Waals surface area (Å²) < 4.78 is 25.9. The van der Waals surface area contributed by atoms with Crippen LogP contribution in [0.2, 0.25) is 0 Å². The summed E-state index contributed by atoms with van der Waals surface area (Å²) in [5.41, 5.74) is 1.63. The van der Waals surface area contributed by atoms with Gasteiger partial charge in [-0.2, -0.15) is 0 Å². The highest BCUT2D eigenvalue weighted by Crippen LogP contribution is 2.35. The van der Waals surface area contributed by atoms with Gasteiger partial charge in [0.25, 0.3) is 5.88 Å². The lowest BCUT2D eigenvalue weighted by molar-refractivity contribution is 0.162. The molecule has 6 rings (SSSR count). The van der Waals surface area contributed by atoms with E-state index in [9.17, 15) is 9.50 Å². The van der Waals surface area contributed by atoms with Gasteiger partial charge in [0.15, 0.2) is 17.4 Å². The van der Waals surface area contributed by atoms with Gasteiger partial charge in [-0.3, -0.25) is 0 Å². The first kappa shape index (κ1) is 21.0. The van der Waals surface area contributed by atoms with E-state index in [4.69, 9.17) is 9.47 Å². The molecule has 34 heavy (non-hydrogen) atoms. The minimum absolute atomic E-state index is 0.0177. The molecule has 3 aromatic rings. The number of halogens is 1. The van der Waals surface area contributed by atoms with E-state index in [-0.39, 0.29) is 23.7 Å². The van der Waals surface area contributed by atoms with E-state index in [0.717, 1.165) is 19.3 Å². The van der Waals surface area contributed by atoms with Crippen molar-refractivity contribution >= 4 is 5.82 Å². The number of benzene rings is 1. The van der Waals surface area contributed by atoms with Crippen molar-refractivity contribution in [1.82, 2.24) is 30.7 Å². The number of hydrogen-bond donors (Lipinski definition) is 2. The molecule has 3 aliphatic rings. The van der Waals surface area contributed by atoms with Gasteiger partial charge < -0.3 is 24.8 Å². The van der Waals surface area contributed by atoms with Gasteiger partial charge in [-0.1, -0.05) is 6.07 Å². The lowest BCUT2D eigenvalue weighted by atomic mass is 9.96. The Morgan fingerprint density at radius 1 is 1.09 bits per heavy atom. The normalized spacial score (nSPS) is 25.2. The van der Waals surface area contributed by atoms with Crippen LogP contribution in [-0.4, -0.2) is 75.0 Å². The van der Waals surface area contributed by atoms with Crippen molar-refractivity contribution in [2.75, 3.05) is 25.2 Å². The molecule has 5 heterocycles. The molecule has 0 spiro atoms. The van der Waals surface area contributed by atoms with Crippen LogP contribution in [0.4, 0.5) is 10.2 Å². The smallest absolute Gasteiger partial charge is 0.276 e. The summed E-state index contributed by atoms with van der Waals surface area (Å²) in [6.45, 7) is 0.884. The predicted octanol–water partition coefficient (Wildman–Crippen LogP) is 2.14. The highest BCUT2D eigenvalue weighted by Gasteiger charge is 2.44. The lowest BCUT2D eigenvalue weighted by Crippen LogP contribution is -2.55. The maximum absolute atomic E-state index is 14.9. The van der Waals surface area contributed by atoms with Crippen molar-refractivity contribution < 1.29 is 19.0 Å². The van der Waals surface area contributed by atoms with Gasteiger partial charge in [-0.25, -0.2) is 9.37 Å². The first-order valence-corrected chi connectivity index (χ1v) is 11.4. The molecule has 3 aliphatic heterocycles. The molecule has 10 nitrogen and oxygen atoms in total. The highest BCUT2D eigenvalue weighted by molar-refractivity contribution is 5.72. The molecule has 0 saturated carbocycles. The molecule has 1 aromatic carbocycles. The fourth-order valence-electron chi connectivity index (χ4n) is 4.95. The number of anilines is 1. The third-order valence-corrected chi connectivity index (χ3v) is 6.80. The molecule has 2 saturated heterocycles. The topological polar surface area (TPSA) is 118 Å². The van der Waals surface area contributed by atoms with E-state index >= 15 is 0 Å². The fraction of sp³-hybridized carbons (Fsp3) is 0.435. The standard InChI is InChI=1S/C23H24FN7O3/c1-31(17-9-13-3-5-15(26-13)21(17)24)20-11-25-22(29-28-20)14-4-2-12(8-18(14)32)16-10-19-23(30-27-16)34-7-6-33-19/h2,4,8,10-11,13,15,17,21,26,32H,3,5-7,9H2,1H3/t13-,15+,17-,21+/m0/s1. The number of piperidine rings is 1. The number of phenolic OH excluding ortho intramolecular Hbond substituents is 1. The van der Waals surface area contributed by atoms with E-state index in [0.29, 0.717) is 53.5 Å². The molecule has 0 unspecified atom stereocenters. The molecule has 11 heteroatoms. The predicted molar refractivity (Wildman–Crippen MR) is 121 cm³/mol. The number of rotatable bonds is 4. The molecule has 176 valence electrons. The molecule has 0 aliphatic carbocycles. The van der Waals surface area contributed by atoms with Crippen LogP contribution in [-0.2, 0) is 0 Å². The highest BCUT2D eigenvalue weighted by atomic mass is 19.1. The van der Waals surface area contributed by atoms with Crippen LogP contribution in [0.5, 0.6) is 17.4 Å². The molecule has 0 amide bonds. The summed E-state index contributed by atoms with van der Waals surface area (Å²) in [5, 5.41) is 30.6. The Kier molecular flexibility index (Phi) is 5.13. The Hall–Kier alpha value is -3.60. The maximum atomic E-state index is 14.9. The molecular weight excluding hydrogens is 441 g/mol. The Bertz CT molecular complexity index is 1210. The summed E-state index contributed by atoms with van der Waals surface area (Å²) in [6, 6.07) is 6.77. The summed E-state index contributed by atoms with van der Waals surface area (Å²) in [4.78, 5) is 6.21. The van der Waals surface area contributed by atoms with Crippen LogP contribution in [0.25, 0.3) is 22.6 Å². The van der Waals surface area contributed by atoms with Gasteiger partial charge in [0, 0.05) is 30.8 Å². The summed E-state index contributed by atoms with van der Waals surface area (Å²) in [5.74, 6) is 1.63. The Labute approximate surface area is 195 Å². The van der Waals surface area contributed by atoms with Gasteiger partial charge in [0.1, 0.15) is 25.1 Å². The zero-order chi connectivity index (χ0) is 23.2. The Morgan fingerprint density at radius 3 is 2.79 bits per heavy atom. The first-order chi connectivity index (χ1) is 16.6. The third-order valence-electron chi connectivity index (χ3n) is 6.80. The molecule has 2 fully saturated rings. The van der Waals surface area contributed by atoms with Crippen LogP contribution < -0.4 is 19.7 Å². The van der Waals surface area contributed by atoms with Crippen molar-refractivity contribution in [2.24, 2.45) is 0 Å². The summed E-state index contributed by atoms with van der Waals surface area (Å²) >= 11 is 0. The number of aromatic hydroxyl groups is 1. The lowest BCUT2D eigenvalue weighted by Gasteiger charge is -2.38. The molecule has 0 radical (unpaired) electrons. The van der Waals surface area contributed by atoms with Gasteiger partial charge in [-0.15, -0.1) is 20.4 Å². The number of nitrogens with one attached hydrogen (secondary N) is 1. The minimum Gasteiger partial charge on any atom is -0.507 e. The summed E-state index contributed by atoms with van der Waals surface area (Å²) in [6.07, 6.45) is 3.20. The molecule has 2 bridgehead atoms. The van der Waals surface area contributed by atoms with Crippen LogP contribution in [0, 0.1) is 0 Å². The minimum atomic E-state index is -0.967. The second kappa shape index (κ2) is 8.32. The second-order valence-corrected chi connectivity index (χ2v) is 8.87. The molecule has 2 aromatic heterocycles. The van der Waals surface area contributed by atoms with Gasteiger partial charge >= 0.3 is 0 Å². The zero-order valence-corrected chi connectivity index (χ0v) is 18.6. The van der Waals surface area contributed by atoms with Crippen molar-refractivity contribution in [2.45, 2.75) is 43.6 Å². The van der Waals surface area contributed by atoms with E-state index in [1.165, 1.54) is 0 Å². The number of hydrogen-bond acceptors (Lipinski definition) is 10. The van der Waals surface area contributed by atoms with Gasteiger partial charge in [0.2, 0.25) is 0 Å². The average Bonchev–Trinajstić information content (AvgIpc) is 3.29. The quantitative estimate of drug-likeness (QED) is 0.593. The SMILES string of the molecule is CN(c1cnc(-c2ccc(-c3cc4c(nn3)OCCO4)cc2O)nn1)[C@H]1C[C@@H]2CC[C@@H](N2)[C@H]1F. The molecule has 2 N–H and O–H groups in total. The number of phenols is 1. The number of alkyl halides is 1. The second-order valence-electron chi connectivity index (χ2n) is 8.87. The van der Waals surface area contributed by atoms with Crippen molar-refractivity contribution in [3.05, 3.63) is 30.5 Å². The molecule has 4 atom stereocenters. The van der Waals surface area contributed by atoms with Crippen LogP contribution in [0.3, 0.4) is 0 Å². The average molecular weight is 465 g/mol. The third kappa shape index (κ3) is 3.65. The molecular formula is C23H24FN7O3. The monoisotopic (exact) mass is 465 g/mol. The number of fused-ring (bicyclic) bond motifs is 3. The van der Waals surface area contributed by atoms with Gasteiger partial charge in [-0.05, 0) is 31.4 Å². The number of ether oxygens (including phenoxy) is 2. The van der Waals surface area contributed by atoms with E-state index in [1.807, 2.05) is 11.9 Å². The van der Waals surface area contributed by atoms with E-state index < -0.39 is 6.17 Å². The largest absolute Gasteiger partial charge is 0.507 e.